The highest BCUT2D eigenvalue weighted by atomic mass is 79.9. The summed E-state index contributed by atoms with van der Waals surface area (Å²) in [5.41, 5.74) is 2.59. The van der Waals surface area contributed by atoms with Crippen LogP contribution >= 0.6 is 31.9 Å². The van der Waals surface area contributed by atoms with Crippen LogP contribution in [0.15, 0.2) is 86.7 Å². The van der Waals surface area contributed by atoms with Gasteiger partial charge in [-0.15, -0.1) is 6.58 Å². The van der Waals surface area contributed by atoms with E-state index in [0.717, 1.165) is 0 Å². The smallest absolute Gasteiger partial charge is 0.313 e. The number of nitrogens with two attached hydrogens (primary N) is 1. The molecule has 0 heterocycles. The second-order valence-corrected chi connectivity index (χ2v) is 9.77. The van der Waals surface area contributed by atoms with E-state index in [4.69, 9.17) is 5.90 Å². The fourth-order valence-electron chi connectivity index (χ4n) is 3.19. The fourth-order valence-corrected chi connectivity index (χ4v) is 4.86. The minimum atomic E-state index is -4.24. The number of rotatable bonds is 6. The molecule has 0 saturated carbocycles. The summed E-state index contributed by atoms with van der Waals surface area (Å²) in [6.07, 6.45) is 6.63. The van der Waals surface area contributed by atoms with Crippen LogP contribution in [-0.4, -0.2) is 19.3 Å². The number of allylic oxidation sites excluding steroid dienone is 6. The lowest BCUT2D eigenvalue weighted by Crippen LogP contribution is -2.13. The van der Waals surface area contributed by atoms with E-state index < -0.39 is 10.1 Å². The van der Waals surface area contributed by atoms with Crippen LogP contribution in [0.1, 0.15) is 16.7 Å². The van der Waals surface area contributed by atoms with Crippen LogP contribution in [0.25, 0.3) is 5.57 Å². The van der Waals surface area contributed by atoms with Crippen LogP contribution in [0.2, 0.25) is 0 Å². The lowest BCUT2D eigenvalue weighted by Gasteiger charge is -2.18. The molecule has 6 nitrogen and oxygen atoms in total. The third-order valence-corrected chi connectivity index (χ3v) is 6.94. The number of hydrogen-bond acceptors (Lipinski definition) is 6. The Bertz CT molecular complexity index is 1280. The highest BCUT2D eigenvalue weighted by Crippen LogP contribution is 2.39. The molecule has 0 saturated heterocycles. The molecule has 0 amide bonds. The van der Waals surface area contributed by atoms with Gasteiger partial charge in [-0.3, -0.25) is 4.79 Å². The average Bonchev–Trinajstić information content (AvgIpc) is 2.75. The molecule has 0 bridgehead atoms. The Hall–Kier alpha value is -2.30. The van der Waals surface area contributed by atoms with E-state index in [1.165, 1.54) is 12.1 Å². The standard InChI is InChI=1S/C22H17Br2NO5S/c1-2-5-14-10-15(12-18(24)22(14)27)21(13-8-9-19(26)17(23)11-13)16-6-3-4-7-20(16)31(28,29)30-25/h2-4,6-12,27H,1,5,25H2/b21-13-. The van der Waals surface area contributed by atoms with Crippen molar-refractivity contribution in [3.63, 3.8) is 0 Å². The molecule has 9 heteroatoms. The molecule has 2 aromatic rings. The van der Waals surface area contributed by atoms with Gasteiger partial charge in [-0.25, -0.2) is 0 Å². The van der Waals surface area contributed by atoms with E-state index in [1.54, 1.807) is 48.6 Å². The quantitative estimate of drug-likeness (QED) is 0.388. The number of aromatic hydroxyl groups is 1. The average molecular weight is 567 g/mol. The molecular formula is C22H17Br2NO5S. The first-order chi connectivity index (χ1) is 14.7. The number of benzene rings is 2. The van der Waals surface area contributed by atoms with E-state index >= 15 is 0 Å². The Labute approximate surface area is 196 Å². The van der Waals surface area contributed by atoms with E-state index in [0.29, 0.717) is 43.2 Å². The van der Waals surface area contributed by atoms with Gasteiger partial charge in [0.15, 0.2) is 5.78 Å². The largest absolute Gasteiger partial charge is 0.506 e. The molecule has 0 aliphatic heterocycles. The summed E-state index contributed by atoms with van der Waals surface area (Å²) in [5.74, 6) is 4.88. The molecule has 0 atom stereocenters. The third kappa shape index (κ3) is 4.81. The summed E-state index contributed by atoms with van der Waals surface area (Å²) < 4.78 is 30.1. The molecule has 3 rings (SSSR count). The molecule has 3 N–H and O–H groups in total. The van der Waals surface area contributed by atoms with E-state index in [2.05, 4.69) is 42.7 Å². The summed E-state index contributed by atoms with van der Waals surface area (Å²) in [6.45, 7) is 3.71. The molecule has 0 aromatic heterocycles. The molecule has 0 spiro atoms. The van der Waals surface area contributed by atoms with Crippen LogP contribution < -0.4 is 5.90 Å². The molecule has 31 heavy (non-hydrogen) atoms. The molecule has 1 aliphatic rings. The number of phenols is 1. The Morgan fingerprint density at radius 3 is 2.55 bits per heavy atom. The number of ketones is 1. The van der Waals surface area contributed by atoms with Crippen molar-refractivity contribution in [2.75, 3.05) is 0 Å². The number of carbonyl (C=O) groups excluding carboxylic acids is 1. The van der Waals surface area contributed by atoms with Gasteiger partial charge in [0.1, 0.15) is 10.6 Å². The van der Waals surface area contributed by atoms with Gasteiger partial charge in [-0.05, 0) is 90.9 Å². The Morgan fingerprint density at radius 1 is 1.19 bits per heavy atom. The Kier molecular flexibility index (Phi) is 7.13. The van der Waals surface area contributed by atoms with E-state index in [-0.39, 0.29) is 16.4 Å². The van der Waals surface area contributed by atoms with Crippen molar-refractivity contribution in [2.24, 2.45) is 5.90 Å². The maximum atomic E-state index is 12.5. The van der Waals surface area contributed by atoms with Crippen molar-refractivity contribution < 1.29 is 22.6 Å². The lowest BCUT2D eigenvalue weighted by atomic mass is 9.89. The molecule has 0 unspecified atom stereocenters. The summed E-state index contributed by atoms with van der Waals surface area (Å²) in [4.78, 5) is 11.8. The molecule has 160 valence electrons. The SMILES string of the molecule is C=CCc1cc(/C(=C2\C=CC(=O)C(Br)=C2)c2ccccc2S(=O)(=O)ON)cc(Br)c1O. The first-order valence-electron chi connectivity index (χ1n) is 8.89. The minimum Gasteiger partial charge on any atom is -0.506 e. The van der Waals surface area contributed by atoms with Gasteiger partial charge >= 0.3 is 10.1 Å². The Morgan fingerprint density at radius 2 is 1.90 bits per heavy atom. The van der Waals surface area contributed by atoms with Crippen molar-refractivity contribution in [2.45, 2.75) is 11.3 Å². The number of carbonyl (C=O) groups is 1. The van der Waals surface area contributed by atoms with E-state index in [9.17, 15) is 18.3 Å². The minimum absolute atomic E-state index is 0.0604. The molecule has 2 aromatic carbocycles. The van der Waals surface area contributed by atoms with Crippen molar-refractivity contribution in [3.05, 3.63) is 98.5 Å². The van der Waals surface area contributed by atoms with Gasteiger partial charge in [0.25, 0.3) is 0 Å². The van der Waals surface area contributed by atoms with E-state index in [1.807, 2.05) is 0 Å². The zero-order valence-electron chi connectivity index (χ0n) is 16.0. The van der Waals surface area contributed by atoms with Crippen molar-refractivity contribution in [1.82, 2.24) is 0 Å². The molecule has 0 fully saturated rings. The number of hydrogen-bond donors (Lipinski definition) is 2. The first kappa shape index (κ1) is 23.4. The summed E-state index contributed by atoms with van der Waals surface area (Å²) >= 11 is 6.60. The van der Waals surface area contributed by atoms with Crippen LogP contribution in [0.4, 0.5) is 0 Å². The normalized spacial score (nSPS) is 15.6. The number of phenolic OH excluding ortho intramolecular Hbond substituents is 1. The van der Waals surface area contributed by atoms with Gasteiger partial charge in [0.05, 0.1) is 8.96 Å². The molecule has 0 radical (unpaired) electrons. The maximum Gasteiger partial charge on any atom is 0.313 e. The highest BCUT2D eigenvalue weighted by molar-refractivity contribution is 9.12. The lowest BCUT2D eigenvalue weighted by molar-refractivity contribution is -0.110. The number of halogens is 2. The summed E-state index contributed by atoms with van der Waals surface area (Å²) in [6, 6.07) is 9.65. The van der Waals surface area contributed by atoms with Crippen molar-refractivity contribution in [3.8, 4) is 5.75 Å². The third-order valence-electron chi connectivity index (χ3n) is 4.57. The highest BCUT2D eigenvalue weighted by Gasteiger charge is 2.24. The molecular weight excluding hydrogens is 550 g/mol. The first-order valence-corrected chi connectivity index (χ1v) is 11.9. The van der Waals surface area contributed by atoms with Gasteiger partial charge in [-0.1, -0.05) is 30.4 Å². The van der Waals surface area contributed by atoms with Crippen LogP contribution in [0.5, 0.6) is 5.75 Å². The Balaban J connectivity index is 2.43. The second kappa shape index (κ2) is 9.46. The zero-order valence-corrected chi connectivity index (χ0v) is 20.0. The van der Waals surface area contributed by atoms with Gasteiger partial charge in [0, 0.05) is 5.56 Å². The topological polar surface area (TPSA) is 107 Å². The van der Waals surface area contributed by atoms with Crippen LogP contribution in [0, 0.1) is 0 Å². The van der Waals surface area contributed by atoms with Crippen molar-refractivity contribution in [1.29, 1.82) is 0 Å². The zero-order chi connectivity index (χ0) is 22.8. The summed E-state index contributed by atoms with van der Waals surface area (Å²) in [7, 11) is -4.24. The van der Waals surface area contributed by atoms with Gasteiger partial charge < -0.3 is 5.11 Å². The fraction of sp³-hybridized carbons (Fsp3) is 0.0455. The predicted octanol–water partition coefficient (Wildman–Crippen LogP) is 4.68. The van der Waals surface area contributed by atoms with Crippen LogP contribution in [0.3, 0.4) is 0 Å². The molecule has 1 aliphatic carbocycles. The van der Waals surface area contributed by atoms with Crippen molar-refractivity contribution >= 4 is 53.3 Å². The van der Waals surface area contributed by atoms with Gasteiger partial charge in [-0.2, -0.15) is 18.6 Å². The van der Waals surface area contributed by atoms with Gasteiger partial charge in [0.2, 0.25) is 0 Å². The maximum absolute atomic E-state index is 12.5. The second-order valence-electron chi connectivity index (χ2n) is 6.53. The predicted molar refractivity (Wildman–Crippen MR) is 126 cm³/mol. The summed E-state index contributed by atoms with van der Waals surface area (Å²) in [5, 5.41) is 10.4. The monoisotopic (exact) mass is 565 g/mol. The van der Waals surface area contributed by atoms with Crippen LogP contribution in [-0.2, 0) is 25.6 Å².